The molecule has 3 N–H and O–H groups in total. The van der Waals surface area contributed by atoms with Crippen LogP contribution in [0.2, 0.25) is 0 Å². The third-order valence-corrected chi connectivity index (χ3v) is 4.64. The van der Waals surface area contributed by atoms with Gasteiger partial charge >= 0.3 is 0 Å². The Balaban J connectivity index is 1.62. The molecule has 1 amide bonds. The lowest BCUT2D eigenvalue weighted by Crippen LogP contribution is -2.40. The Morgan fingerprint density at radius 1 is 0.900 bits per heavy atom. The van der Waals surface area contributed by atoms with Crippen LogP contribution in [0.5, 0.6) is 0 Å². The van der Waals surface area contributed by atoms with E-state index in [1.54, 1.807) is 12.3 Å². The Bertz CT molecular complexity index is 869. The molecule has 0 atom stereocenters. The molecule has 6 nitrogen and oxygen atoms in total. The molecule has 0 aliphatic carbocycles. The van der Waals surface area contributed by atoms with Gasteiger partial charge in [0.05, 0.1) is 12.8 Å². The number of carbonyl (C=O) groups is 1. The van der Waals surface area contributed by atoms with Crippen LogP contribution in [0.15, 0.2) is 88.5 Å². The van der Waals surface area contributed by atoms with Crippen molar-refractivity contribution < 1.29 is 9.21 Å². The second-order valence-electron chi connectivity index (χ2n) is 6.81. The molecule has 0 radical (unpaired) electrons. The van der Waals surface area contributed by atoms with Gasteiger partial charge in [0.15, 0.2) is 5.96 Å². The molecule has 0 fully saturated rings. The van der Waals surface area contributed by atoms with E-state index in [0.717, 1.165) is 0 Å². The van der Waals surface area contributed by atoms with Crippen molar-refractivity contribution in [1.82, 2.24) is 16.0 Å². The van der Waals surface area contributed by atoms with Crippen LogP contribution < -0.4 is 16.0 Å². The van der Waals surface area contributed by atoms with E-state index in [4.69, 9.17) is 4.42 Å². The van der Waals surface area contributed by atoms with E-state index in [2.05, 4.69) is 45.2 Å². The highest BCUT2D eigenvalue weighted by molar-refractivity contribution is 5.84. The largest absolute Gasteiger partial charge is 0.467 e. The molecular formula is C24H28N4O2. The lowest BCUT2D eigenvalue weighted by atomic mass is 9.91. The highest BCUT2D eigenvalue weighted by Gasteiger charge is 2.14. The maximum Gasteiger partial charge on any atom is 0.242 e. The third-order valence-electron chi connectivity index (χ3n) is 4.64. The standard InChI is InChI=1S/C24H28N4O2/c1-2-25-24(28-18-23(29)26-16-21-14-9-15-30-21)27-17-22(19-10-5-3-6-11-19)20-12-7-4-8-13-20/h3-15,22H,2,16-18H2,1H3,(H,26,29)(H2,25,27,28). The molecule has 0 saturated carbocycles. The Labute approximate surface area is 177 Å². The van der Waals surface area contributed by atoms with Crippen molar-refractivity contribution in [3.05, 3.63) is 95.9 Å². The smallest absolute Gasteiger partial charge is 0.242 e. The quantitative estimate of drug-likeness (QED) is 0.378. The number of rotatable bonds is 9. The second kappa shape index (κ2) is 11.5. The highest BCUT2D eigenvalue weighted by Crippen LogP contribution is 2.23. The van der Waals surface area contributed by atoms with Crippen molar-refractivity contribution in [3.63, 3.8) is 0 Å². The molecule has 3 aromatic rings. The summed E-state index contributed by atoms with van der Waals surface area (Å²) in [5.74, 6) is 1.34. The Kier molecular flexibility index (Phi) is 8.09. The van der Waals surface area contributed by atoms with Gasteiger partial charge in [0, 0.05) is 19.0 Å². The number of benzene rings is 2. The molecule has 156 valence electrons. The molecule has 1 heterocycles. The van der Waals surface area contributed by atoms with Crippen LogP contribution in [0.3, 0.4) is 0 Å². The zero-order chi connectivity index (χ0) is 21.0. The van der Waals surface area contributed by atoms with Gasteiger partial charge in [0.1, 0.15) is 12.3 Å². The van der Waals surface area contributed by atoms with Crippen LogP contribution in [-0.2, 0) is 11.3 Å². The van der Waals surface area contributed by atoms with E-state index in [0.29, 0.717) is 31.4 Å². The lowest BCUT2D eigenvalue weighted by molar-refractivity contribution is -0.119. The average molecular weight is 405 g/mol. The number of hydrogen-bond donors (Lipinski definition) is 3. The number of furan rings is 1. The van der Waals surface area contributed by atoms with Gasteiger partial charge in [-0.25, -0.2) is 4.99 Å². The lowest BCUT2D eigenvalue weighted by Gasteiger charge is -2.20. The molecule has 3 rings (SSSR count). The Hall–Kier alpha value is -3.54. The molecule has 0 bridgehead atoms. The molecule has 0 spiro atoms. The first kappa shape index (κ1) is 21.2. The van der Waals surface area contributed by atoms with Crippen molar-refractivity contribution >= 4 is 11.9 Å². The fraction of sp³-hybridized carbons (Fsp3) is 0.250. The summed E-state index contributed by atoms with van der Waals surface area (Å²) in [7, 11) is 0. The van der Waals surface area contributed by atoms with Crippen LogP contribution in [0, 0.1) is 0 Å². The van der Waals surface area contributed by atoms with Gasteiger partial charge in [-0.1, -0.05) is 60.7 Å². The normalized spacial score (nSPS) is 11.3. The first-order chi connectivity index (χ1) is 14.8. The minimum Gasteiger partial charge on any atom is -0.467 e. The van der Waals surface area contributed by atoms with Crippen molar-refractivity contribution in [2.45, 2.75) is 19.4 Å². The van der Waals surface area contributed by atoms with Gasteiger partial charge in [-0.3, -0.25) is 4.79 Å². The molecule has 0 aliphatic heterocycles. The van der Waals surface area contributed by atoms with Crippen molar-refractivity contribution in [3.8, 4) is 0 Å². The van der Waals surface area contributed by atoms with Crippen molar-refractivity contribution in [2.24, 2.45) is 4.99 Å². The molecule has 1 aromatic heterocycles. The molecule has 6 heteroatoms. The number of aliphatic imine (C=N–C) groups is 1. The molecule has 30 heavy (non-hydrogen) atoms. The summed E-state index contributed by atoms with van der Waals surface area (Å²) in [5.41, 5.74) is 2.45. The van der Waals surface area contributed by atoms with Crippen molar-refractivity contribution in [1.29, 1.82) is 0 Å². The predicted octanol–water partition coefficient (Wildman–Crippen LogP) is 3.28. The Morgan fingerprint density at radius 2 is 1.57 bits per heavy atom. The van der Waals surface area contributed by atoms with Gasteiger partial charge in [0.25, 0.3) is 0 Å². The maximum atomic E-state index is 12.1. The molecule has 0 aliphatic rings. The summed E-state index contributed by atoms with van der Waals surface area (Å²) in [4.78, 5) is 16.5. The van der Waals surface area contributed by atoms with E-state index >= 15 is 0 Å². The number of carbonyl (C=O) groups excluding carboxylic acids is 1. The first-order valence-electron chi connectivity index (χ1n) is 10.2. The van der Waals surface area contributed by atoms with Gasteiger partial charge in [-0.15, -0.1) is 0 Å². The maximum absolute atomic E-state index is 12.1. The second-order valence-corrected chi connectivity index (χ2v) is 6.81. The molecular weight excluding hydrogens is 376 g/mol. The fourth-order valence-corrected chi connectivity index (χ4v) is 3.14. The van der Waals surface area contributed by atoms with Gasteiger partial charge in [0.2, 0.25) is 5.91 Å². The van der Waals surface area contributed by atoms with E-state index in [1.165, 1.54) is 11.1 Å². The van der Waals surface area contributed by atoms with Crippen LogP contribution >= 0.6 is 0 Å². The van der Waals surface area contributed by atoms with E-state index in [-0.39, 0.29) is 18.4 Å². The van der Waals surface area contributed by atoms with Crippen LogP contribution in [0.25, 0.3) is 0 Å². The monoisotopic (exact) mass is 404 g/mol. The summed E-state index contributed by atoms with van der Waals surface area (Å²) < 4.78 is 5.22. The zero-order valence-corrected chi connectivity index (χ0v) is 17.2. The van der Waals surface area contributed by atoms with Gasteiger partial charge < -0.3 is 20.4 Å². The summed E-state index contributed by atoms with van der Waals surface area (Å²) in [6, 6.07) is 24.4. The SMILES string of the molecule is CCNC(=NCC(=O)NCc1ccco1)NCC(c1ccccc1)c1ccccc1. The number of nitrogens with one attached hydrogen (secondary N) is 3. The minimum atomic E-state index is -0.161. The van der Waals surface area contributed by atoms with Crippen molar-refractivity contribution in [2.75, 3.05) is 19.6 Å². The molecule has 0 unspecified atom stereocenters. The minimum absolute atomic E-state index is 0.0391. The number of amides is 1. The summed E-state index contributed by atoms with van der Waals surface area (Å²) >= 11 is 0. The first-order valence-corrected chi connectivity index (χ1v) is 10.2. The Morgan fingerprint density at radius 3 is 2.13 bits per heavy atom. The van der Waals surface area contributed by atoms with Gasteiger partial charge in [-0.05, 0) is 30.2 Å². The van der Waals surface area contributed by atoms with Crippen LogP contribution in [-0.4, -0.2) is 31.5 Å². The number of nitrogens with zero attached hydrogens (tertiary/aromatic N) is 1. The topological polar surface area (TPSA) is 78.7 Å². The third kappa shape index (κ3) is 6.51. The van der Waals surface area contributed by atoms with Crippen LogP contribution in [0.4, 0.5) is 0 Å². The summed E-state index contributed by atoms with van der Waals surface area (Å²) in [5, 5.41) is 9.39. The highest BCUT2D eigenvalue weighted by atomic mass is 16.3. The zero-order valence-electron chi connectivity index (χ0n) is 17.2. The molecule has 0 saturated heterocycles. The fourth-order valence-electron chi connectivity index (χ4n) is 3.14. The molecule has 2 aromatic carbocycles. The summed E-state index contributed by atoms with van der Waals surface area (Å²) in [6.45, 7) is 3.77. The van der Waals surface area contributed by atoms with Gasteiger partial charge in [-0.2, -0.15) is 0 Å². The average Bonchev–Trinajstić information content (AvgIpc) is 3.31. The predicted molar refractivity (Wildman–Crippen MR) is 119 cm³/mol. The summed E-state index contributed by atoms with van der Waals surface area (Å²) in [6.07, 6.45) is 1.59. The number of hydrogen-bond acceptors (Lipinski definition) is 3. The van der Waals surface area contributed by atoms with Crippen LogP contribution in [0.1, 0.15) is 29.7 Å². The van der Waals surface area contributed by atoms with E-state index in [9.17, 15) is 4.79 Å². The number of guanidine groups is 1. The van der Waals surface area contributed by atoms with E-state index in [1.807, 2.05) is 49.4 Å². The van der Waals surface area contributed by atoms with E-state index < -0.39 is 0 Å².